The summed E-state index contributed by atoms with van der Waals surface area (Å²) in [6.07, 6.45) is 0. The van der Waals surface area contributed by atoms with E-state index in [9.17, 15) is 6.85 Å². The second-order valence-electron chi connectivity index (χ2n) is 10.6. The summed E-state index contributed by atoms with van der Waals surface area (Å²) in [5.41, 5.74) is -2.28. The predicted molar refractivity (Wildman–Crippen MR) is 200 cm³/mol. The first-order valence-corrected chi connectivity index (χ1v) is 14.2. The van der Waals surface area contributed by atoms with Crippen LogP contribution in [0.4, 0.5) is 0 Å². The third-order valence-electron chi connectivity index (χ3n) is 8.07. The van der Waals surface area contributed by atoms with Gasteiger partial charge in [0.1, 0.15) is 11.2 Å². The molecular weight excluding hydrogens is 569 g/mol. The van der Waals surface area contributed by atoms with Gasteiger partial charge in [0.2, 0.25) is 0 Å². The molecule has 218 valence electrons. The summed E-state index contributed by atoms with van der Waals surface area (Å²) in [5.74, 6) is 0. The summed E-state index contributed by atoms with van der Waals surface area (Å²) in [6, 6.07) is -11.6. The summed E-state index contributed by atoms with van der Waals surface area (Å²) >= 11 is 0. The molecule has 0 aliphatic carbocycles. The smallest absolute Gasteiger partial charge is 0.143 e. The van der Waals surface area contributed by atoms with E-state index in [1.165, 1.54) is 24.3 Å². The Hall–Kier alpha value is -6.18. The molecule has 0 aliphatic rings. The summed E-state index contributed by atoms with van der Waals surface area (Å²) in [7, 11) is 0. The van der Waals surface area contributed by atoms with Crippen LogP contribution in [0.2, 0.25) is 0 Å². The standard InChI is InChI=1S/C46H28O/c1-2-12-33-28-34(25-22-29(33)10-1)30-20-23-32(24-21-30)43-36-14-5-7-16-38(36)44(39-17-8-6-15-37(39)43)42-19-9-18-40-41-27-26-31-11-3-4-13-35(31)45(41)47-46(40)42/h1-28H/i1D,2D,3D,4D,5D,6D,7D,8D,9D,10D,11D,12D,13D,14D,15D,16D,17D,18D,19D,22D,25D,26D,27D,28D. The number of furan rings is 1. The number of hydrogen-bond donors (Lipinski definition) is 0. The van der Waals surface area contributed by atoms with Crippen LogP contribution >= 0.6 is 0 Å². The first kappa shape index (κ1) is 11.9. The van der Waals surface area contributed by atoms with Crippen LogP contribution in [-0.4, -0.2) is 0 Å². The third kappa shape index (κ3) is 3.97. The summed E-state index contributed by atoms with van der Waals surface area (Å²) in [6.45, 7) is 0. The second-order valence-corrected chi connectivity index (χ2v) is 10.6. The number of hydrogen-bond acceptors (Lipinski definition) is 1. The van der Waals surface area contributed by atoms with Gasteiger partial charge in [0, 0.05) is 27.3 Å². The van der Waals surface area contributed by atoms with Crippen LogP contribution in [0.15, 0.2) is 174 Å². The topological polar surface area (TPSA) is 13.1 Å². The van der Waals surface area contributed by atoms with Crippen molar-refractivity contribution < 1.29 is 37.3 Å². The molecule has 0 aliphatic heterocycles. The Bertz CT molecular complexity index is 4120. The quantitative estimate of drug-likeness (QED) is 0.179. The van der Waals surface area contributed by atoms with Gasteiger partial charge >= 0.3 is 0 Å². The number of benzene rings is 9. The molecule has 10 aromatic rings. The van der Waals surface area contributed by atoms with Crippen molar-refractivity contribution in [1.29, 1.82) is 0 Å². The molecule has 0 amide bonds. The van der Waals surface area contributed by atoms with Crippen molar-refractivity contribution in [2.24, 2.45) is 0 Å². The minimum absolute atomic E-state index is 0.0438. The molecule has 0 fully saturated rings. The van der Waals surface area contributed by atoms with E-state index in [1.54, 1.807) is 0 Å². The van der Waals surface area contributed by atoms with Gasteiger partial charge in [0.15, 0.2) is 0 Å². The fourth-order valence-corrected chi connectivity index (χ4v) is 6.01. The van der Waals surface area contributed by atoms with Gasteiger partial charge in [-0.05, 0) is 72.0 Å². The Morgan fingerprint density at radius 3 is 1.60 bits per heavy atom. The molecular formula is C46H28O. The predicted octanol–water partition coefficient (Wildman–Crippen LogP) is 13.2. The molecule has 0 spiro atoms. The summed E-state index contributed by atoms with van der Waals surface area (Å²) in [4.78, 5) is 0. The lowest BCUT2D eigenvalue weighted by molar-refractivity contribution is 0.674. The lowest BCUT2D eigenvalue weighted by atomic mass is 9.85. The van der Waals surface area contributed by atoms with Crippen molar-refractivity contribution in [2.75, 3.05) is 0 Å². The van der Waals surface area contributed by atoms with Gasteiger partial charge in [0.25, 0.3) is 0 Å². The molecule has 47 heavy (non-hydrogen) atoms. The molecule has 10 rings (SSSR count). The van der Waals surface area contributed by atoms with Crippen molar-refractivity contribution in [2.45, 2.75) is 0 Å². The van der Waals surface area contributed by atoms with Crippen molar-refractivity contribution in [3.8, 4) is 33.4 Å². The Morgan fingerprint density at radius 1 is 0.340 bits per heavy atom. The highest BCUT2D eigenvalue weighted by Crippen LogP contribution is 2.47. The molecule has 1 nitrogen and oxygen atoms in total. The van der Waals surface area contributed by atoms with Crippen LogP contribution < -0.4 is 0 Å². The Morgan fingerprint density at radius 2 is 0.872 bits per heavy atom. The number of para-hydroxylation sites is 1. The highest BCUT2D eigenvalue weighted by Gasteiger charge is 2.20. The van der Waals surface area contributed by atoms with Crippen molar-refractivity contribution in [1.82, 2.24) is 0 Å². The molecule has 0 unspecified atom stereocenters. The van der Waals surface area contributed by atoms with Crippen LogP contribution in [0.5, 0.6) is 0 Å². The molecule has 1 heterocycles. The average molecular weight is 621 g/mol. The van der Waals surface area contributed by atoms with Crippen molar-refractivity contribution in [3.05, 3.63) is 169 Å². The highest BCUT2D eigenvalue weighted by molar-refractivity contribution is 6.25. The van der Waals surface area contributed by atoms with Crippen LogP contribution in [0.1, 0.15) is 32.9 Å². The maximum absolute atomic E-state index is 9.45. The van der Waals surface area contributed by atoms with E-state index in [1.807, 2.05) is 0 Å². The van der Waals surface area contributed by atoms with E-state index in [0.717, 1.165) is 0 Å². The van der Waals surface area contributed by atoms with E-state index >= 15 is 0 Å². The van der Waals surface area contributed by atoms with Crippen molar-refractivity contribution >= 4 is 65.0 Å². The zero-order chi connectivity index (χ0) is 51.8. The van der Waals surface area contributed by atoms with Gasteiger partial charge in [-0.25, -0.2) is 0 Å². The van der Waals surface area contributed by atoms with Gasteiger partial charge in [-0.2, -0.15) is 0 Å². The fourth-order valence-electron chi connectivity index (χ4n) is 6.01. The van der Waals surface area contributed by atoms with Gasteiger partial charge in [-0.15, -0.1) is 0 Å². The third-order valence-corrected chi connectivity index (χ3v) is 8.07. The Balaban J connectivity index is 1.40. The average Bonchev–Trinajstić information content (AvgIpc) is 3.75. The lowest BCUT2D eigenvalue weighted by Crippen LogP contribution is -1.91. The maximum Gasteiger partial charge on any atom is 0.143 e. The van der Waals surface area contributed by atoms with E-state index < -0.39 is 189 Å². The minimum atomic E-state index is -0.846. The van der Waals surface area contributed by atoms with Crippen LogP contribution in [-0.2, 0) is 0 Å². The summed E-state index contributed by atoms with van der Waals surface area (Å²) < 4.78 is 219. The first-order valence-electron chi connectivity index (χ1n) is 26.2. The van der Waals surface area contributed by atoms with Gasteiger partial charge in [-0.1, -0.05) is 157 Å². The highest BCUT2D eigenvalue weighted by atomic mass is 16.3. The van der Waals surface area contributed by atoms with Gasteiger partial charge in [-0.3, -0.25) is 0 Å². The van der Waals surface area contributed by atoms with E-state index in [0.29, 0.717) is 0 Å². The zero-order valence-electron chi connectivity index (χ0n) is 47.7. The van der Waals surface area contributed by atoms with Crippen LogP contribution in [0.3, 0.4) is 0 Å². The van der Waals surface area contributed by atoms with Gasteiger partial charge < -0.3 is 4.42 Å². The molecule has 9 aromatic carbocycles. The molecule has 0 saturated heterocycles. The Kier molecular flexibility index (Phi) is 2.57. The molecule has 1 heteroatoms. The van der Waals surface area contributed by atoms with Crippen molar-refractivity contribution in [3.63, 3.8) is 0 Å². The monoisotopic (exact) mass is 620 g/mol. The molecule has 0 N–H and O–H groups in total. The lowest BCUT2D eigenvalue weighted by Gasteiger charge is -2.18. The SMILES string of the molecule is [2H]c1c([2H])c([2H])c2c(oc3c4c([2H])c([2H])c([2H])c([2H])c4c([2H])c([2H])c32)c1-c1c2c([2H])c([2H])c([2H])c([2H])c2c(-c2ccc(-c3c([2H])c([2H])c4c([2H])c([2H])c([2H])c([2H])c4c3[2H])cc2)c2c([2H])c([2H])c([2H])c([2H])c12. The molecule has 1 aromatic heterocycles. The number of rotatable bonds is 3. The molecule has 0 saturated carbocycles. The maximum atomic E-state index is 9.45. The van der Waals surface area contributed by atoms with Crippen LogP contribution in [0.25, 0.3) is 98.4 Å². The molecule has 0 radical (unpaired) electrons. The van der Waals surface area contributed by atoms with Gasteiger partial charge in [0.05, 0.1) is 32.9 Å². The first-order chi connectivity index (χ1) is 33.3. The fraction of sp³-hybridized carbons (Fsp3) is 0. The normalized spacial score (nSPS) is 19.0. The van der Waals surface area contributed by atoms with E-state index in [-0.39, 0.29) is 54.6 Å². The van der Waals surface area contributed by atoms with E-state index in [2.05, 4.69) is 0 Å². The second kappa shape index (κ2) is 10.2. The molecule has 0 atom stereocenters. The number of fused-ring (bicyclic) bond motifs is 8. The largest absolute Gasteiger partial charge is 0.455 e. The minimum Gasteiger partial charge on any atom is -0.455 e. The Labute approximate surface area is 305 Å². The van der Waals surface area contributed by atoms with E-state index in [4.69, 9.17) is 30.5 Å². The zero-order valence-corrected chi connectivity index (χ0v) is 23.7. The van der Waals surface area contributed by atoms with Crippen LogP contribution in [0, 0.1) is 0 Å². The molecule has 0 bridgehead atoms. The summed E-state index contributed by atoms with van der Waals surface area (Å²) in [5, 5.41) is -3.87.